The molecule has 0 spiro atoms. The third kappa shape index (κ3) is 1.83. The maximum atomic E-state index is 11.3. The van der Waals surface area contributed by atoms with E-state index in [9.17, 15) is 8.42 Å². The maximum Gasteiger partial charge on any atom is 0.156 e. The molecule has 0 amide bonds. The van der Waals surface area contributed by atoms with E-state index < -0.39 is 9.84 Å². The molecule has 0 radical (unpaired) electrons. The Morgan fingerprint density at radius 3 is 3.00 bits per heavy atom. The zero-order chi connectivity index (χ0) is 10.2. The Balaban J connectivity index is 2.30. The van der Waals surface area contributed by atoms with Crippen LogP contribution in [-0.4, -0.2) is 25.7 Å². The summed E-state index contributed by atoms with van der Waals surface area (Å²) in [6.07, 6.45) is 1.42. The first-order chi connectivity index (χ1) is 6.61. The van der Waals surface area contributed by atoms with Crippen LogP contribution in [0.15, 0.2) is 6.07 Å². The number of sulfone groups is 1. The van der Waals surface area contributed by atoms with Crippen molar-refractivity contribution in [3.63, 3.8) is 0 Å². The molecule has 2 rings (SSSR count). The Kier molecular flexibility index (Phi) is 2.36. The van der Waals surface area contributed by atoms with Crippen LogP contribution < -0.4 is 5.73 Å². The van der Waals surface area contributed by atoms with Crippen LogP contribution in [0.4, 0.5) is 0 Å². The molecule has 0 fully saturated rings. The van der Waals surface area contributed by atoms with Crippen LogP contribution in [0.2, 0.25) is 0 Å². The number of rotatable bonds is 2. The molecule has 1 aromatic heterocycles. The minimum atomic E-state index is -2.86. The summed E-state index contributed by atoms with van der Waals surface area (Å²) in [5.41, 5.74) is 8.49. The summed E-state index contributed by atoms with van der Waals surface area (Å²) in [4.78, 5) is 3.13. The van der Waals surface area contributed by atoms with E-state index in [-0.39, 0.29) is 11.5 Å². The van der Waals surface area contributed by atoms with Gasteiger partial charge in [0.1, 0.15) is 0 Å². The van der Waals surface area contributed by atoms with Crippen LogP contribution in [0.3, 0.4) is 0 Å². The van der Waals surface area contributed by atoms with Crippen LogP contribution >= 0.6 is 0 Å². The average Bonchev–Trinajstić information content (AvgIpc) is 2.45. The van der Waals surface area contributed by atoms with Gasteiger partial charge >= 0.3 is 0 Å². The van der Waals surface area contributed by atoms with Crippen molar-refractivity contribution in [2.45, 2.75) is 18.6 Å². The third-order valence-electron chi connectivity index (χ3n) is 2.51. The summed E-state index contributed by atoms with van der Waals surface area (Å²) in [6.45, 7) is 0.589. The van der Waals surface area contributed by atoms with Crippen molar-refractivity contribution in [1.82, 2.24) is 4.98 Å². The molecule has 78 valence electrons. The number of nitrogens with one attached hydrogen (secondary N) is 1. The minimum absolute atomic E-state index is 0.160. The predicted molar refractivity (Wildman–Crippen MR) is 54.7 cm³/mol. The van der Waals surface area contributed by atoms with E-state index in [1.165, 1.54) is 0 Å². The van der Waals surface area contributed by atoms with Gasteiger partial charge in [-0.15, -0.1) is 0 Å². The molecule has 1 aliphatic rings. The molecule has 5 heteroatoms. The van der Waals surface area contributed by atoms with Gasteiger partial charge in [0, 0.05) is 11.4 Å². The standard InChI is InChI=1S/C9H14N2O2S/c10-3-1-8-5-7-2-4-14(12,13)6-9(7)11-8/h5,11H,1-4,6,10H2. The van der Waals surface area contributed by atoms with Crippen molar-refractivity contribution in [3.8, 4) is 0 Å². The van der Waals surface area contributed by atoms with Gasteiger partial charge in [-0.3, -0.25) is 0 Å². The Bertz CT molecular complexity index is 434. The second kappa shape index (κ2) is 3.40. The van der Waals surface area contributed by atoms with Gasteiger partial charge in [0.05, 0.1) is 11.5 Å². The van der Waals surface area contributed by atoms with Gasteiger partial charge in [0.15, 0.2) is 9.84 Å². The molecule has 0 saturated heterocycles. The van der Waals surface area contributed by atoms with Crippen molar-refractivity contribution < 1.29 is 8.42 Å². The fraction of sp³-hybridized carbons (Fsp3) is 0.556. The van der Waals surface area contributed by atoms with Crippen LogP contribution in [-0.2, 0) is 28.4 Å². The molecule has 14 heavy (non-hydrogen) atoms. The molecule has 1 aromatic rings. The Hall–Kier alpha value is -0.810. The first-order valence-corrected chi connectivity index (χ1v) is 6.53. The summed E-state index contributed by atoms with van der Waals surface area (Å²) in [7, 11) is -2.86. The van der Waals surface area contributed by atoms with Crippen LogP contribution in [0, 0.1) is 0 Å². The topological polar surface area (TPSA) is 76.0 Å². The SMILES string of the molecule is NCCc1cc2c([nH]1)CS(=O)(=O)CC2. The highest BCUT2D eigenvalue weighted by atomic mass is 32.2. The molecule has 3 N–H and O–H groups in total. The van der Waals surface area contributed by atoms with Crippen molar-refractivity contribution in [2.24, 2.45) is 5.73 Å². The first-order valence-electron chi connectivity index (χ1n) is 4.71. The lowest BCUT2D eigenvalue weighted by Crippen LogP contribution is -2.18. The maximum absolute atomic E-state index is 11.3. The number of nitrogens with two attached hydrogens (primary N) is 1. The van der Waals surface area contributed by atoms with Crippen molar-refractivity contribution in [3.05, 3.63) is 23.0 Å². The molecule has 0 aliphatic carbocycles. The van der Waals surface area contributed by atoms with Gasteiger partial charge in [-0.05, 0) is 31.0 Å². The van der Waals surface area contributed by atoms with Gasteiger partial charge in [-0.2, -0.15) is 0 Å². The zero-order valence-corrected chi connectivity index (χ0v) is 8.73. The molecule has 0 saturated carbocycles. The number of H-pyrrole nitrogens is 1. The molecule has 0 unspecified atom stereocenters. The van der Waals surface area contributed by atoms with Crippen molar-refractivity contribution in [2.75, 3.05) is 12.3 Å². The molecule has 0 bridgehead atoms. The van der Waals surface area contributed by atoms with E-state index in [4.69, 9.17) is 5.73 Å². The smallest absolute Gasteiger partial charge is 0.156 e. The number of aromatic amines is 1. The molecule has 2 heterocycles. The summed E-state index contributed by atoms with van der Waals surface area (Å²) in [6, 6.07) is 2.04. The van der Waals surface area contributed by atoms with Crippen LogP contribution in [0.25, 0.3) is 0 Å². The zero-order valence-electron chi connectivity index (χ0n) is 7.91. The first kappa shape index (κ1) is 9.73. The second-order valence-electron chi connectivity index (χ2n) is 3.68. The van der Waals surface area contributed by atoms with Crippen molar-refractivity contribution in [1.29, 1.82) is 0 Å². The van der Waals surface area contributed by atoms with Crippen LogP contribution in [0.1, 0.15) is 17.0 Å². The molecular formula is C9H14N2O2S. The number of hydrogen-bond acceptors (Lipinski definition) is 3. The summed E-state index contributed by atoms with van der Waals surface area (Å²) >= 11 is 0. The summed E-state index contributed by atoms with van der Waals surface area (Å²) in [5.74, 6) is 0.437. The molecule has 0 aromatic carbocycles. The lowest BCUT2D eigenvalue weighted by molar-refractivity contribution is 0.591. The van der Waals surface area contributed by atoms with E-state index in [0.29, 0.717) is 13.0 Å². The lowest BCUT2D eigenvalue weighted by atomic mass is 10.2. The normalized spacial score (nSPS) is 19.2. The largest absolute Gasteiger partial charge is 0.361 e. The second-order valence-corrected chi connectivity index (χ2v) is 5.86. The van der Waals surface area contributed by atoms with Gasteiger partial charge < -0.3 is 10.7 Å². The fourth-order valence-corrected chi connectivity index (χ4v) is 3.18. The van der Waals surface area contributed by atoms with Crippen LogP contribution in [0.5, 0.6) is 0 Å². The highest BCUT2D eigenvalue weighted by molar-refractivity contribution is 7.90. The van der Waals surface area contributed by atoms with E-state index in [1.807, 2.05) is 6.07 Å². The molecule has 1 aliphatic heterocycles. The van der Waals surface area contributed by atoms with E-state index in [0.717, 1.165) is 23.4 Å². The number of aromatic nitrogens is 1. The average molecular weight is 214 g/mol. The Morgan fingerprint density at radius 1 is 1.50 bits per heavy atom. The summed E-state index contributed by atoms with van der Waals surface area (Å²) < 4.78 is 22.7. The molecule has 0 atom stereocenters. The quantitative estimate of drug-likeness (QED) is 0.727. The van der Waals surface area contributed by atoms with E-state index in [1.54, 1.807) is 0 Å². The third-order valence-corrected chi connectivity index (χ3v) is 4.06. The lowest BCUT2D eigenvalue weighted by Gasteiger charge is -2.10. The monoisotopic (exact) mass is 214 g/mol. The van der Waals surface area contributed by atoms with Gasteiger partial charge in [-0.1, -0.05) is 0 Å². The molecule has 4 nitrogen and oxygen atoms in total. The number of hydrogen-bond donors (Lipinski definition) is 2. The highest BCUT2D eigenvalue weighted by Crippen LogP contribution is 2.21. The summed E-state index contributed by atoms with van der Waals surface area (Å²) in [5, 5.41) is 0. The molecular weight excluding hydrogens is 200 g/mol. The van der Waals surface area contributed by atoms with Gasteiger partial charge in [0.2, 0.25) is 0 Å². The number of fused-ring (bicyclic) bond motifs is 1. The Labute approximate surface area is 83.4 Å². The fourth-order valence-electron chi connectivity index (χ4n) is 1.81. The van der Waals surface area contributed by atoms with E-state index >= 15 is 0 Å². The highest BCUT2D eigenvalue weighted by Gasteiger charge is 2.22. The minimum Gasteiger partial charge on any atom is -0.361 e. The van der Waals surface area contributed by atoms with Crippen molar-refractivity contribution >= 4 is 9.84 Å². The van der Waals surface area contributed by atoms with Gasteiger partial charge in [0.25, 0.3) is 0 Å². The number of aryl methyl sites for hydroxylation is 1. The Morgan fingerprint density at radius 2 is 2.29 bits per heavy atom. The van der Waals surface area contributed by atoms with E-state index in [2.05, 4.69) is 4.98 Å². The van der Waals surface area contributed by atoms with Gasteiger partial charge in [-0.25, -0.2) is 8.42 Å². The predicted octanol–water partition coefficient (Wildman–Crippen LogP) is -0.0132.